The van der Waals surface area contributed by atoms with E-state index in [4.69, 9.17) is 0 Å². The van der Waals surface area contributed by atoms with Crippen LogP contribution in [0.2, 0.25) is 0 Å². The van der Waals surface area contributed by atoms with E-state index in [1.165, 1.54) is 58.5 Å². The molecule has 4 rings (SSSR count). The Morgan fingerprint density at radius 1 is 0.812 bits per heavy atom. The van der Waals surface area contributed by atoms with E-state index in [0.717, 1.165) is 23.9 Å². The summed E-state index contributed by atoms with van der Waals surface area (Å²) in [6.07, 6.45) is 4.36. The predicted octanol–water partition coefficient (Wildman–Crippen LogP) is 0.374. The van der Waals surface area contributed by atoms with Crippen molar-refractivity contribution in [3.05, 3.63) is 0 Å². The van der Waals surface area contributed by atoms with Crippen molar-refractivity contribution in [1.29, 1.82) is 0 Å². The number of fused-ring (bicyclic) bond motifs is 2. The number of likely N-dealkylation sites (tertiary alicyclic amines) is 1. The SMILES string of the molecule is C1CC2C(N3C[C@H]4CNC[C@H]4C3)CCN2C1. The third-order valence-corrected chi connectivity index (χ3v) is 5.46. The molecule has 0 saturated carbocycles. The number of nitrogens with zero attached hydrogens (tertiary/aromatic N) is 2. The molecule has 0 aromatic heterocycles. The fraction of sp³-hybridized carbons (Fsp3) is 1.00. The summed E-state index contributed by atoms with van der Waals surface area (Å²) in [4.78, 5) is 5.59. The Kier molecular flexibility index (Phi) is 2.27. The first-order chi connectivity index (χ1) is 7.92. The van der Waals surface area contributed by atoms with Gasteiger partial charge in [-0.25, -0.2) is 0 Å². The van der Waals surface area contributed by atoms with Gasteiger partial charge in [0.15, 0.2) is 0 Å². The highest BCUT2D eigenvalue weighted by molar-refractivity contribution is 5.01. The molecule has 1 N–H and O–H groups in total. The van der Waals surface area contributed by atoms with E-state index < -0.39 is 0 Å². The quantitative estimate of drug-likeness (QED) is 0.690. The maximum absolute atomic E-state index is 3.54. The van der Waals surface area contributed by atoms with Crippen LogP contribution in [0.1, 0.15) is 19.3 Å². The van der Waals surface area contributed by atoms with E-state index in [2.05, 4.69) is 15.1 Å². The molecule has 0 aromatic rings. The number of hydrogen-bond acceptors (Lipinski definition) is 3. The minimum absolute atomic E-state index is 0.910. The Balaban J connectivity index is 1.47. The van der Waals surface area contributed by atoms with E-state index in [0.29, 0.717) is 0 Å². The molecule has 3 heteroatoms. The lowest BCUT2D eigenvalue weighted by atomic mass is 10.0. The highest BCUT2D eigenvalue weighted by Crippen LogP contribution is 2.36. The van der Waals surface area contributed by atoms with Gasteiger partial charge in [0.1, 0.15) is 0 Å². The third kappa shape index (κ3) is 1.38. The van der Waals surface area contributed by atoms with Gasteiger partial charge in [0.25, 0.3) is 0 Å². The molecule has 0 aromatic carbocycles. The standard InChI is InChI=1S/C13H23N3/c1-2-12-13(3-5-15(12)4-1)16-8-10-6-14-7-11(10)9-16/h10-14H,1-9H2/t10-,11+,12?,13?. The first-order valence-corrected chi connectivity index (χ1v) is 7.10. The zero-order valence-electron chi connectivity index (χ0n) is 10.1. The minimum Gasteiger partial charge on any atom is -0.316 e. The molecule has 90 valence electrons. The van der Waals surface area contributed by atoms with Crippen LogP contribution in [0.5, 0.6) is 0 Å². The fourth-order valence-electron chi connectivity index (χ4n) is 4.64. The maximum Gasteiger partial charge on any atom is 0.0264 e. The van der Waals surface area contributed by atoms with Crippen LogP contribution < -0.4 is 5.32 Å². The monoisotopic (exact) mass is 221 g/mol. The number of nitrogens with one attached hydrogen (secondary N) is 1. The van der Waals surface area contributed by atoms with Crippen molar-refractivity contribution < 1.29 is 0 Å². The van der Waals surface area contributed by atoms with E-state index in [1.54, 1.807) is 0 Å². The van der Waals surface area contributed by atoms with Crippen molar-refractivity contribution in [3.8, 4) is 0 Å². The van der Waals surface area contributed by atoms with Gasteiger partial charge in [0.05, 0.1) is 0 Å². The fourth-order valence-corrected chi connectivity index (χ4v) is 4.64. The minimum atomic E-state index is 0.910. The van der Waals surface area contributed by atoms with Crippen LogP contribution in [-0.2, 0) is 0 Å². The molecule has 0 amide bonds. The first kappa shape index (κ1) is 9.86. The second-order valence-corrected chi connectivity index (χ2v) is 6.23. The van der Waals surface area contributed by atoms with Crippen LogP contribution in [0.25, 0.3) is 0 Å². The average Bonchev–Trinajstić information content (AvgIpc) is 2.95. The van der Waals surface area contributed by atoms with Gasteiger partial charge in [-0.05, 0) is 50.7 Å². The largest absolute Gasteiger partial charge is 0.316 e. The van der Waals surface area contributed by atoms with Gasteiger partial charge in [-0.1, -0.05) is 0 Å². The van der Waals surface area contributed by atoms with Crippen molar-refractivity contribution in [2.75, 3.05) is 39.3 Å². The molecular weight excluding hydrogens is 198 g/mol. The van der Waals surface area contributed by atoms with E-state index in [9.17, 15) is 0 Å². The Morgan fingerprint density at radius 2 is 1.56 bits per heavy atom. The van der Waals surface area contributed by atoms with Crippen molar-refractivity contribution >= 4 is 0 Å². The van der Waals surface area contributed by atoms with E-state index in [-0.39, 0.29) is 0 Å². The molecule has 4 atom stereocenters. The molecule has 4 saturated heterocycles. The highest BCUT2D eigenvalue weighted by atomic mass is 15.3. The summed E-state index contributed by atoms with van der Waals surface area (Å²) in [5.74, 6) is 1.94. The van der Waals surface area contributed by atoms with Gasteiger partial charge in [-0.3, -0.25) is 9.80 Å². The van der Waals surface area contributed by atoms with Crippen molar-refractivity contribution in [2.45, 2.75) is 31.3 Å². The van der Waals surface area contributed by atoms with Gasteiger partial charge in [-0.15, -0.1) is 0 Å². The molecule has 4 aliphatic rings. The Bertz CT molecular complexity index is 268. The highest BCUT2D eigenvalue weighted by Gasteiger charge is 2.45. The summed E-state index contributed by atoms with van der Waals surface area (Å²) in [5.41, 5.74) is 0. The molecule has 4 fully saturated rings. The molecule has 3 nitrogen and oxygen atoms in total. The average molecular weight is 221 g/mol. The Labute approximate surface area is 98.2 Å². The first-order valence-electron chi connectivity index (χ1n) is 7.10. The molecule has 4 aliphatic heterocycles. The van der Waals surface area contributed by atoms with Gasteiger partial charge >= 0.3 is 0 Å². The lowest BCUT2D eigenvalue weighted by molar-refractivity contribution is 0.181. The summed E-state index contributed by atoms with van der Waals surface area (Å²) in [5, 5.41) is 3.54. The third-order valence-electron chi connectivity index (χ3n) is 5.46. The summed E-state index contributed by atoms with van der Waals surface area (Å²) in [6.45, 7) is 8.08. The van der Waals surface area contributed by atoms with Crippen molar-refractivity contribution in [3.63, 3.8) is 0 Å². The van der Waals surface area contributed by atoms with Gasteiger partial charge in [0.2, 0.25) is 0 Å². The molecular formula is C13H23N3. The lowest BCUT2D eigenvalue weighted by Gasteiger charge is -2.29. The Hall–Kier alpha value is -0.120. The summed E-state index contributed by atoms with van der Waals surface area (Å²) < 4.78 is 0. The molecule has 4 heterocycles. The second-order valence-electron chi connectivity index (χ2n) is 6.23. The summed E-state index contributed by atoms with van der Waals surface area (Å²) >= 11 is 0. The molecule has 0 aliphatic carbocycles. The second kappa shape index (κ2) is 3.69. The van der Waals surface area contributed by atoms with E-state index in [1.807, 2.05) is 0 Å². The van der Waals surface area contributed by atoms with Crippen LogP contribution in [-0.4, -0.2) is 61.2 Å². The van der Waals surface area contributed by atoms with Crippen molar-refractivity contribution in [2.24, 2.45) is 11.8 Å². The smallest absolute Gasteiger partial charge is 0.0264 e. The van der Waals surface area contributed by atoms with E-state index >= 15 is 0 Å². The number of rotatable bonds is 1. The maximum atomic E-state index is 3.54. The molecule has 2 unspecified atom stereocenters. The van der Waals surface area contributed by atoms with Crippen LogP contribution in [0.4, 0.5) is 0 Å². The van der Waals surface area contributed by atoms with Crippen LogP contribution in [0, 0.1) is 11.8 Å². The predicted molar refractivity (Wildman–Crippen MR) is 64.4 cm³/mol. The molecule has 0 spiro atoms. The molecule has 16 heavy (non-hydrogen) atoms. The summed E-state index contributed by atoms with van der Waals surface area (Å²) in [7, 11) is 0. The van der Waals surface area contributed by atoms with Crippen LogP contribution >= 0.6 is 0 Å². The topological polar surface area (TPSA) is 18.5 Å². The summed E-state index contributed by atoms with van der Waals surface area (Å²) in [6, 6.07) is 1.83. The lowest BCUT2D eigenvalue weighted by Crippen LogP contribution is -2.42. The zero-order chi connectivity index (χ0) is 10.5. The normalized spacial score (nSPS) is 48.8. The number of hydrogen-bond donors (Lipinski definition) is 1. The molecule has 0 bridgehead atoms. The van der Waals surface area contributed by atoms with Gasteiger partial charge in [0, 0.05) is 31.7 Å². The van der Waals surface area contributed by atoms with Gasteiger partial charge < -0.3 is 5.32 Å². The van der Waals surface area contributed by atoms with Crippen LogP contribution in [0.3, 0.4) is 0 Å². The van der Waals surface area contributed by atoms with Crippen molar-refractivity contribution in [1.82, 2.24) is 15.1 Å². The Morgan fingerprint density at radius 3 is 2.38 bits per heavy atom. The molecule has 0 radical (unpaired) electrons. The zero-order valence-corrected chi connectivity index (χ0v) is 10.1. The van der Waals surface area contributed by atoms with Gasteiger partial charge in [-0.2, -0.15) is 0 Å². The van der Waals surface area contributed by atoms with Crippen LogP contribution in [0.15, 0.2) is 0 Å².